The molecule has 1 unspecified atom stereocenters. The van der Waals surface area contributed by atoms with Gasteiger partial charge in [0, 0.05) is 38.9 Å². The summed E-state index contributed by atoms with van der Waals surface area (Å²) in [5.74, 6) is 1.04. The van der Waals surface area contributed by atoms with E-state index < -0.39 is 11.9 Å². The van der Waals surface area contributed by atoms with Crippen molar-refractivity contribution < 1.29 is 13.2 Å². The summed E-state index contributed by atoms with van der Waals surface area (Å²) in [6.07, 6.45) is 1.45. The van der Waals surface area contributed by atoms with Crippen LogP contribution in [0.3, 0.4) is 0 Å². The SMILES string of the molecule is CCCCC(CC)CNC(=NC)NCc1cn(C)nc1C(F)(F)F.I. The van der Waals surface area contributed by atoms with E-state index in [1.165, 1.54) is 24.3 Å². The molecule has 25 heavy (non-hydrogen) atoms. The molecule has 0 saturated heterocycles. The van der Waals surface area contributed by atoms with E-state index in [1.807, 2.05) is 0 Å². The number of halogens is 4. The first-order valence-corrected chi connectivity index (χ1v) is 8.36. The molecule has 0 radical (unpaired) electrons. The second-order valence-electron chi connectivity index (χ2n) is 5.90. The molecule has 1 atom stereocenters. The van der Waals surface area contributed by atoms with Gasteiger partial charge in [-0.2, -0.15) is 18.3 Å². The van der Waals surface area contributed by atoms with Gasteiger partial charge in [0.25, 0.3) is 0 Å². The molecule has 5 nitrogen and oxygen atoms in total. The number of nitrogens with one attached hydrogen (secondary N) is 2. The monoisotopic (exact) mass is 475 g/mol. The lowest BCUT2D eigenvalue weighted by Crippen LogP contribution is -2.39. The summed E-state index contributed by atoms with van der Waals surface area (Å²) < 4.78 is 40.0. The van der Waals surface area contributed by atoms with E-state index in [1.54, 1.807) is 7.05 Å². The number of aromatic nitrogens is 2. The fourth-order valence-electron chi connectivity index (χ4n) is 2.49. The second-order valence-corrected chi connectivity index (χ2v) is 5.90. The molecule has 9 heteroatoms. The molecular formula is C16H29F3IN5. The first-order chi connectivity index (χ1) is 11.3. The van der Waals surface area contributed by atoms with Crippen LogP contribution < -0.4 is 10.6 Å². The molecule has 146 valence electrons. The van der Waals surface area contributed by atoms with Crippen molar-refractivity contribution in [2.45, 2.75) is 52.3 Å². The minimum Gasteiger partial charge on any atom is -0.356 e. The Morgan fingerprint density at radius 3 is 2.52 bits per heavy atom. The quantitative estimate of drug-likeness (QED) is 0.340. The molecule has 0 saturated carbocycles. The number of rotatable bonds is 8. The Morgan fingerprint density at radius 1 is 1.32 bits per heavy atom. The van der Waals surface area contributed by atoms with Gasteiger partial charge in [-0.1, -0.05) is 33.1 Å². The van der Waals surface area contributed by atoms with Crippen molar-refractivity contribution in [1.29, 1.82) is 0 Å². The smallest absolute Gasteiger partial charge is 0.356 e. The van der Waals surface area contributed by atoms with E-state index in [9.17, 15) is 13.2 Å². The standard InChI is InChI=1S/C16H28F3N5.HI/c1-5-7-8-12(6-2)9-21-15(20-3)22-10-13-11-24(4)23-14(13)16(17,18)19;/h11-12H,5-10H2,1-4H3,(H2,20,21,22);1H. The van der Waals surface area contributed by atoms with Gasteiger partial charge in [0.1, 0.15) is 0 Å². The summed E-state index contributed by atoms with van der Waals surface area (Å²) >= 11 is 0. The molecule has 0 aliphatic heterocycles. The summed E-state index contributed by atoms with van der Waals surface area (Å²) in [6.45, 7) is 5.08. The number of hydrogen-bond donors (Lipinski definition) is 2. The zero-order chi connectivity index (χ0) is 18.2. The minimum absolute atomic E-state index is 0. The van der Waals surface area contributed by atoms with Crippen LogP contribution in [0.2, 0.25) is 0 Å². The number of nitrogens with zero attached hydrogens (tertiary/aromatic N) is 3. The van der Waals surface area contributed by atoms with E-state index in [4.69, 9.17) is 0 Å². The topological polar surface area (TPSA) is 54.2 Å². The van der Waals surface area contributed by atoms with Crippen LogP contribution in [0.15, 0.2) is 11.2 Å². The Balaban J connectivity index is 0.00000576. The molecule has 0 aliphatic rings. The minimum atomic E-state index is -4.46. The lowest BCUT2D eigenvalue weighted by atomic mass is 9.99. The number of hydrogen-bond acceptors (Lipinski definition) is 2. The highest BCUT2D eigenvalue weighted by molar-refractivity contribution is 14.0. The van der Waals surface area contributed by atoms with Crippen LogP contribution in [0.1, 0.15) is 50.8 Å². The van der Waals surface area contributed by atoms with Gasteiger partial charge in [-0.15, -0.1) is 24.0 Å². The molecule has 1 heterocycles. The number of aliphatic imine (C=N–C) groups is 1. The van der Waals surface area contributed by atoms with E-state index >= 15 is 0 Å². The number of guanidine groups is 1. The van der Waals surface area contributed by atoms with Gasteiger partial charge in [0.2, 0.25) is 0 Å². The predicted molar refractivity (Wildman–Crippen MR) is 105 cm³/mol. The third-order valence-corrected chi connectivity index (χ3v) is 3.94. The van der Waals surface area contributed by atoms with E-state index in [-0.39, 0.29) is 36.1 Å². The third-order valence-electron chi connectivity index (χ3n) is 3.94. The van der Waals surface area contributed by atoms with Gasteiger partial charge in [-0.3, -0.25) is 9.67 Å². The van der Waals surface area contributed by atoms with Crippen LogP contribution in [-0.4, -0.2) is 29.3 Å². The maximum Gasteiger partial charge on any atom is 0.435 e. The molecule has 0 amide bonds. The normalized spacial score (nSPS) is 13.3. The lowest BCUT2D eigenvalue weighted by molar-refractivity contribution is -0.142. The Labute approximate surface area is 164 Å². The van der Waals surface area contributed by atoms with E-state index in [0.29, 0.717) is 11.9 Å². The Hall–Kier alpha value is -1.00. The second kappa shape index (κ2) is 11.6. The maximum absolute atomic E-state index is 12.9. The third kappa shape index (κ3) is 8.28. The molecule has 0 aliphatic carbocycles. The molecule has 0 spiro atoms. The summed E-state index contributed by atoms with van der Waals surface area (Å²) in [5, 5.41) is 9.63. The summed E-state index contributed by atoms with van der Waals surface area (Å²) in [7, 11) is 3.08. The van der Waals surface area contributed by atoms with Crippen LogP contribution >= 0.6 is 24.0 Å². The molecule has 1 aromatic rings. The summed E-state index contributed by atoms with van der Waals surface area (Å²) in [5.41, 5.74) is -0.756. The Kier molecular flexibility index (Phi) is 11.1. The average Bonchev–Trinajstić information content (AvgIpc) is 2.91. The van der Waals surface area contributed by atoms with Gasteiger partial charge in [0.15, 0.2) is 11.7 Å². The molecule has 0 aromatic carbocycles. The van der Waals surface area contributed by atoms with Gasteiger partial charge in [-0.25, -0.2) is 0 Å². The molecule has 0 fully saturated rings. The van der Waals surface area contributed by atoms with Crippen LogP contribution in [-0.2, 0) is 19.8 Å². The van der Waals surface area contributed by atoms with Crippen molar-refractivity contribution in [3.63, 3.8) is 0 Å². The largest absolute Gasteiger partial charge is 0.435 e. The molecule has 2 N–H and O–H groups in total. The number of aryl methyl sites for hydroxylation is 1. The van der Waals surface area contributed by atoms with Crippen LogP contribution in [0, 0.1) is 5.92 Å². The van der Waals surface area contributed by atoms with E-state index in [2.05, 4.69) is 34.6 Å². The van der Waals surface area contributed by atoms with Crippen molar-refractivity contribution >= 4 is 29.9 Å². The van der Waals surface area contributed by atoms with E-state index in [0.717, 1.165) is 25.8 Å². The predicted octanol–water partition coefficient (Wildman–Crippen LogP) is 3.94. The summed E-state index contributed by atoms with van der Waals surface area (Å²) in [6, 6.07) is 0. The van der Waals surface area contributed by atoms with Crippen molar-refractivity contribution in [1.82, 2.24) is 20.4 Å². The fraction of sp³-hybridized carbons (Fsp3) is 0.750. The highest BCUT2D eigenvalue weighted by atomic mass is 127. The Bertz CT molecular complexity index is 528. The maximum atomic E-state index is 12.9. The van der Waals surface area contributed by atoms with Crippen molar-refractivity contribution in [3.05, 3.63) is 17.5 Å². The first-order valence-electron chi connectivity index (χ1n) is 8.36. The highest BCUT2D eigenvalue weighted by Crippen LogP contribution is 2.30. The number of alkyl halides is 3. The average molecular weight is 475 g/mol. The van der Waals surface area contributed by atoms with Crippen LogP contribution in [0.4, 0.5) is 13.2 Å². The van der Waals surface area contributed by atoms with Gasteiger partial charge in [-0.05, 0) is 12.3 Å². The molecule has 0 bridgehead atoms. The lowest BCUT2D eigenvalue weighted by Gasteiger charge is -2.18. The Morgan fingerprint density at radius 2 is 2.00 bits per heavy atom. The molecule has 1 aromatic heterocycles. The van der Waals surface area contributed by atoms with Crippen LogP contribution in [0.25, 0.3) is 0 Å². The zero-order valence-corrected chi connectivity index (χ0v) is 17.6. The van der Waals surface area contributed by atoms with Crippen LogP contribution in [0.5, 0.6) is 0 Å². The molecular weight excluding hydrogens is 446 g/mol. The highest BCUT2D eigenvalue weighted by Gasteiger charge is 2.36. The van der Waals surface area contributed by atoms with Gasteiger partial charge in [0.05, 0.1) is 0 Å². The summed E-state index contributed by atoms with van der Waals surface area (Å²) in [4.78, 5) is 4.07. The number of unbranched alkanes of at least 4 members (excludes halogenated alkanes) is 1. The molecule has 1 rings (SSSR count). The van der Waals surface area contributed by atoms with Gasteiger partial charge < -0.3 is 10.6 Å². The fourth-order valence-corrected chi connectivity index (χ4v) is 2.49. The zero-order valence-electron chi connectivity index (χ0n) is 15.3. The van der Waals surface area contributed by atoms with Crippen molar-refractivity contribution in [2.24, 2.45) is 18.0 Å². The van der Waals surface area contributed by atoms with Gasteiger partial charge >= 0.3 is 6.18 Å². The van der Waals surface area contributed by atoms with Crippen molar-refractivity contribution in [2.75, 3.05) is 13.6 Å². The first kappa shape index (κ1) is 24.0. The van der Waals surface area contributed by atoms with Crippen molar-refractivity contribution in [3.8, 4) is 0 Å².